The highest BCUT2D eigenvalue weighted by Crippen LogP contribution is 2.50. The third-order valence-corrected chi connectivity index (χ3v) is 8.67. The molecule has 4 rings (SSSR count). The zero-order chi connectivity index (χ0) is 27.9. The van der Waals surface area contributed by atoms with Crippen LogP contribution in [-0.2, 0) is 22.6 Å². The van der Waals surface area contributed by atoms with Crippen molar-refractivity contribution < 1.29 is 18.8 Å². The molecule has 0 spiro atoms. The summed E-state index contributed by atoms with van der Waals surface area (Å²) in [7, 11) is 1.71. The number of nitrogens with zero attached hydrogens (tertiary/aromatic N) is 4. The molecule has 0 unspecified atom stereocenters. The van der Waals surface area contributed by atoms with E-state index in [9.17, 15) is 9.18 Å². The van der Waals surface area contributed by atoms with Gasteiger partial charge in [-0.05, 0) is 74.5 Å². The second kappa shape index (κ2) is 13.4. The van der Waals surface area contributed by atoms with Crippen molar-refractivity contribution in [1.29, 1.82) is 0 Å². The minimum absolute atomic E-state index is 0.0135. The van der Waals surface area contributed by atoms with Crippen molar-refractivity contribution in [3.05, 3.63) is 58.6 Å². The third-order valence-electron chi connectivity index (χ3n) is 8.04. The molecule has 1 aromatic heterocycles. The molecule has 1 aliphatic carbocycles. The minimum Gasteiger partial charge on any atom is -0.493 e. The van der Waals surface area contributed by atoms with E-state index in [1.54, 1.807) is 29.6 Å². The molecule has 0 N–H and O–H groups in total. The second-order valence-electron chi connectivity index (χ2n) is 11.2. The molecule has 1 aromatic carbocycles. The van der Waals surface area contributed by atoms with Crippen LogP contribution in [0.5, 0.6) is 5.75 Å². The molecule has 1 amide bonds. The molecule has 0 bridgehead atoms. The van der Waals surface area contributed by atoms with Crippen LogP contribution in [0.15, 0.2) is 46.7 Å². The Kier molecular flexibility index (Phi) is 9.99. The van der Waals surface area contributed by atoms with Crippen molar-refractivity contribution in [3.8, 4) is 5.75 Å². The molecule has 1 saturated heterocycles. The van der Waals surface area contributed by atoms with Gasteiger partial charge < -0.3 is 19.4 Å². The normalized spacial score (nSPS) is 19.7. The number of piperidine rings is 1. The number of amides is 1. The van der Waals surface area contributed by atoms with E-state index in [2.05, 4.69) is 35.5 Å². The van der Waals surface area contributed by atoms with Crippen LogP contribution in [0.4, 0.5) is 4.39 Å². The van der Waals surface area contributed by atoms with E-state index in [1.165, 1.54) is 23.8 Å². The number of benzene rings is 1. The average Bonchev–Trinajstić information content (AvgIpc) is 3.51. The number of likely N-dealkylation sites (N-methyl/N-ethyl adjacent to an activating group) is 1. The van der Waals surface area contributed by atoms with Crippen LogP contribution in [-0.4, -0.2) is 53.1 Å². The lowest BCUT2D eigenvalue weighted by Gasteiger charge is -2.33. The first-order valence-corrected chi connectivity index (χ1v) is 14.8. The van der Waals surface area contributed by atoms with Gasteiger partial charge in [0.1, 0.15) is 11.6 Å². The number of carbonyl (C=O) groups is 1. The Morgan fingerprint density at radius 1 is 1.33 bits per heavy atom. The molecule has 7 nitrogen and oxygen atoms in total. The van der Waals surface area contributed by atoms with Crippen LogP contribution in [0.1, 0.15) is 57.7 Å². The lowest BCUT2D eigenvalue weighted by atomic mass is 9.90. The molecular weight excluding hydrogens is 515 g/mol. The number of thiazole rings is 1. The number of likely N-dealkylation sites (tertiary alicyclic amines) is 1. The summed E-state index contributed by atoms with van der Waals surface area (Å²) < 4.78 is 20.5. The fraction of sp³-hybridized carbons (Fsp3) is 0.567. The van der Waals surface area contributed by atoms with E-state index in [-0.39, 0.29) is 12.3 Å². The first kappa shape index (κ1) is 29.1. The van der Waals surface area contributed by atoms with Gasteiger partial charge in [-0.1, -0.05) is 25.1 Å². The molecule has 212 valence electrons. The van der Waals surface area contributed by atoms with Crippen LogP contribution >= 0.6 is 11.3 Å². The van der Waals surface area contributed by atoms with Gasteiger partial charge in [-0.15, -0.1) is 11.3 Å². The van der Waals surface area contributed by atoms with E-state index in [4.69, 9.17) is 9.57 Å². The lowest BCUT2D eigenvalue weighted by Crippen LogP contribution is -2.34. The van der Waals surface area contributed by atoms with Crippen LogP contribution in [0.2, 0.25) is 0 Å². The Morgan fingerprint density at radius 3 is 2.77 bits per heavy atom. The fourth-order valence-corrected chi connectivity index (χ4v) is 5.63. The van der Waals surface area contributed by atoms with Gasteiger partial charge in [-0.2, -0.15) is 0 Å². The number of ether oxygens (including phenoxy) is 1. The Bertz CT molecular complexity index is 1150. The molecule has 2 aromatic rings. The Morgan fingerprint density at radius 2 is 2.10 bits per heavy atom. The van der Waals surface area contributed by atoms with Crippen molar-refractivity contribution in [3.63, 3.8) is 0 Å². The average molecular weight is 557 g/mol. The van der Waals surface area contributed by atoms with Crippen molar-refractivity contribution in [2.45, 2.75) is 59.4 Å². The standard InChI is InChI=1S/C30H41FN4O3S/c1-20(2)21(3)33-38-22(4)35-11-8-23(9-12-35)28-14-24(28)10-13-37-27-7-6-25(29(31)16-27)15-30(36)34(5)17-26-18-39-19-32-26/h6-7,16,18-20,23-24,28H,4,8-15,17H2,1-3,5H3/b33-21+/t24-,28-/m1/s1. The number of hydrogen-bond donors (Lipinski definition) is 0. The van der Waals surface area contributed by atoms with Crippen molar-refractivity contribution in [1.82, 2.24) is 14.8 Å². The van der Waals surface area contributed by atoms with Gasteiger partial charge in [-0.3, -0.25) is 4.79 Å². The Hall–Kier alpha value is -2.94. The van der Waals surface area contributed by atoms with Crippen molar-refractivity contribution >= 4 is 23.0 Å². The maximum absolute atomic E-state index is 14.7. The van der Waals surface area contributed by atoms with E-state index in [0.717, 1.165) is 55.6 Å². The van der Waals surface area contributed by atoms with Gasteiger partial charge in [0.15, 0.2) is 0 Å². The minimum atomic E-state index is -0.408. The Balaban J connectivity index is 1.14. The van der Waals surface area contributed by atoms with Crippen LogP contribution in [0.3, 0.4) is 0 Å². The third kappa shape index (κ3) is 8.27. The maximum Gasteiger partial charge on any atom is 0.227 e. The first-order valence-electron chi connectivity index (χ1n) is 13.9. The molecule has 39 heavy (non-hydrogen) atoms. The molecule has 2 atom stereocenters. The number of rotatable bonds is 13. The van der Waals surface area contributed by atoms with E-state index < -0.39 is 5.82 Å². The SMILES string of the molecule is C=C(O/N=C(\C)C(C)C)N1CCC([C@H]2C[C@H]2CCOc2ccc(CC(=O)N(C)Cc3cscn3)c(F)c2)CC1. The molecule has 2 heterocycles. The molecule has 1 saturated carbocycles. The topological polar surface area (TPSA) is 67.3 Å². The number of hydrogen-bond acceptors (Lipinski definition) is 7. The van der Waals surface area contributed by atoms with Crippen LogP contribution in [0, 0.1) is 29.5 Å². The highest BCUT2D eigenvalue weighted by Gasteiger charge is 2.43. The van der Waals surface area contributed by atoms with Gasteiger partial charge in [0.25, 0.3) is 0 Å². The summed E-state index contributed by atoms with van der Waals surface area (Å²) in [6, 6.07) is 4.80. The van der Waals surface area contributed by atoms with Gasteiger partial charge in [0.05, 0.1) is 36.5 Å². The van der Waals surface area contributed by atoms with E-state index >= 15 is 0 Å². The van der Waals surface area contributed by atoms with Crippen molar-refractivity contribution in [2.24, 2.45) is 28.8 Å². The molecular formula is C30H41FN4O3S. The first-order chi connectivity index (χ1) is 18.7. The van der Waals surface area contributed by atoms with Gasteiger partial charge in [0.2, 0.25) is 11.8 Å². The maximum atomic E-state index is 14.7. The Labute approximate surface area is 235 Å². The van der Waals surface area contributed by atoms with E-state index in [1.807, 2.05) is 12.3 Å². The predicted octanol–water partition coefficient (Wildman–Crippen LogP) is 6.12. The monoisotopic (exact) mass is 556 g/mol. The summed E-state index contributed by atoms with van der Waals surface area (Å²) in [6.07, 6.45) is 4.52. The van der Waals surface area contributed by atoms with E-state index in [0.29, 0.717) is 42.2 Å². The molecule has 2 fully saturated rings. The number of aromatic nitrogens is 1. The zero-order valence-corrected chi connectivity index (χ0v) is 24.4. The molecule has 2 aliphatic rings. The molecule has 1 aliphatic heterocycles. The highest BCUT2D eigenvalue weighted by atomic mass is 32.1. The summed E-state index contributed by atoms with van der Waals surface area (Å²) in [5, 5.41) is 6.10. The van der Waals surface area contributed by atoms with Crippen LogP contribution < -0.4 is 4.74 Å². The number of carbonyl (C=O) groups excluding carboxylic acids is 1. The van der Waals surface area contributed by atoms with Crippen molar-refractivity contribution in [2.75, 3.05) is 26.7 Å². The fourth-order valence-electron chi connectivity index (χ4n) is 5.08. The van der Waals surface area contributed by atoms with Gasteiger partial charge in [-0.25, -0.2) is 9.37 Å². The summed E-state index contributed by atoms with van der Waals surface area (Å²) in [6.45, 7) is 13.1. The largest absolute Gasteiger partial charge is 0.493 e. The highest BCUT2D eigenvalue weighted by molar-refractivity contribution is 7.07. The second-order valence-corrected chi connectivity index (χ2v) is 11.9. The summed E-state index contributed by atoms with van der Waals surface area (Å²) >= 11 is 1.49. The summed E-state index contributed by atoms with van der Waals surface area (Å²) in [5.74, 6) is 3.11. The quantitative estimate of drug-likeness (QED) is 0.169. The molecule has 0 radical (unpaired) electrons. The lowest BCUT2D eigenvalue weighted by molar-refractivity contribution is -0.129. The summed E-state index contributed by atoms with van der Waals surface area (Å²) in [4.78, 5) is 26.0. The van der Waals surface area contributed by atoms with Gasteiger partial charge >= 0.3 is 0 Å². The smallest absolute Gasteiger partial charge is 0.227 e. The molecule has 9 heteroatoms. The predicted molar refractivity (Wildman–Crippen MR) is 153 cm³/mol. The van der Waals surface area contributed by atoms with Crippen LogP contribution in [0.25, 0.3) is 0 Å². The zero-order valence-electron chi connectivity index (χ0n) is 23.6. The van der Waals surface area contributed by atoms with Gasteiger partial charge in [0, 0.05) is 31.6 Å². The number of oxime groups is 1. The number of halogens is 1. The summed E-state index contributed by atoms with van der Waals surface area (Å²) in [5.41, 5.74) is 3.91.